The smallest absolute Gasteiger partial charge is 0.384 e. The molecule has 0 saturated carbocycles. The Kier molecular flexibility index (Phi) is 30.6. The third-order valence-corrected chi connectivity index (χ3v) is 8.57. The summed E-state index contributed by atoms with van der Waals surface area (Å²) in [6.45, 7) is 7.45. The van der Waals surface area contributed by atoms with Crippen molar-refractivity contribution in [3.63, 3.8) is 0 Å². The lowest BCUT2D eigenvalue weighted by molar-refractivity contribution is -0.0409. The van der Waals surface area contributed by atoms with Gasteiger partial charge in [-0.15, -0.1) is 0 Å². The minimum Gasteiger partial charge on any atom is -0.384 e. The van der Waals surface area contributed by atoms with Gasteiger partial charge in [-0.05, 0) is 25.7 Å². The van der Waals surface area contributed by atoms with Crippen LogP contribution >= 0.6 is 0 Å². The van der Waals surface area contributed by atoms with E-state index in [-0.39, 0.29) is 6.61 Å². The summed E-state index contributed by atoms with van der Waals surface area (Å²) < 4.78 is 53.9. The highest BCUT2D eigenvalue weighted by Crippen LogP contribution is 2.28. The first-order valence-corrected chi connectivity index (χ1v) is 19.0. The van der Waals surface area contributed by atoms with Crippen molar-refractivity contribution in [2.45, 2.75) is 168 Å². The lowest BCUT2D eigenvalue weighted by atomic mass is 9.84. The molecule has 0 aromatic carbocycles. The topological polar surface area (TPSA) is 91.3 Å². The van der Waals surface area contributed by atoms with Crippen molar-refractivity contribution in [3.05, 3.63) is 0 Å². The first kappa shape index (κ1) is 41.8. The summed E-state index contributed by atoms with van der Waals surface area (Å²) in [5, 5.41) is 0. The fourth-order valence-corrected chi connectivity index (χ4v) is 5.90. The summed E-state index contributed by atoms with van der Waals surface area (Å²) in [7, 11) is -2.90. The van der Waals surface area contributed by atoms with Gasteiger partial charge in [-0.25, -0.2) is 4.18 Å². The van der Waals surface area contributed by atoms with Gasteiger partial charge in [0.2, 0.25) is 0 Å². The minimum atomic E-state index is -4.52. The maximum atomic E-state index is 11.3. The zero-order chi connectivity index (χ0) is 31.0. The molecular weight excluding hydrogens is 552 g/mol. The molecule has 0 aliphatic heterocycles. The zero-order valence-electron chi connectivity index (χ0n) is 28.0. The molecule has 0 saturated heterocycles. The minimum absolute atomic E-state index is 0.131. The van der Waals surface area contributed by atoms with Crippen LogP contribution in [-0.2, 0) is 28.8 Å². The summed E-state index contributed by atoms with van der Waals surface area (Å²) >= 11 is 0. The molecule has 8 heteroatoms. The van der Waals surface area contributed by atoms with Crippen LogP contribution in [0.2, 0.25) is 0 Å². The number of methoxy groups -OCH3 is 1. The van der Waals surface area contributed by atoms with Crippen LogP contribution in [-0.4, -0.2) is 59.7 Å². The van der Waals surface area contributed by atoms with Crippen LogP contribution in [0.4, 0.5) is 0 Å². The molecule has 0 aromatic heterocycles. The number of ether oxygens (including phenoxy) is 3. The lowest BCUT2D eigenvalue weighted by Gasteiger charge is -2.32. The second-order valence-corrected chi connectivity index (χ2v) is 13.6. The molecule has 0 radical (unpaired) electrons. The Morgan fingerprint density at radius 1 is 0.500 bits per heavy atom. The van der Waals surface area contributed by atoms with Gasteiger partial charge in [0, 0.05) is 32.3 Å². The summed E-state index contributed by atoms with van der Waals surface area (Å²) in [5.74, 6) is 0. The number of hydrogen-bond donors (Lipinski definition) is 1. The molecule has 0 spiro atoms. The molecule has 0 bridgehead atoms. The third kappa shape index (κ3) is 29.8. The molecular formula is C34H70O7S. The second kappa shape index (κ2) is 30.8. The summed E-state index contributed by atoms with van der Waals surface area (Å²) in [4.78, 5) is 0. The molecule has 0 aliphatic carbocycles. The first-order valence-electron chi connectivity index (χ1n) is 17.7. The van der Waals surface area contributed by atoms with E-state index in [0.717, 1.165) is 58.2 Å². The Hall–Kier alpha value is -0.250. The van der Waals surface area contributed by atoms with Crippen LogP contribution in [0.25, 0.3) is 0 Å². The molecule has 1 atom stereocenters. The molecule has 42 heavy (non-hydrogen) atoms. The average molecular weight is 623 g/mol. The molecule has 7 nitrogen and oxygen atoms in total. The van der Waals surface area contributed by atoms with E-state index in [2.05, 4.69) is 13.8 Å². The van der Waals surface area contributed by atoms with Gasteiger partial charge in [-0.3, -0.25) is 4.55 Å². The highest BCUT2D eigenvalue weighted by atomic mass is 32.3. The van der Waals surface area contributed by atoms with Crippen molar-refractivity contribution in [2.75, 3.05) is 46.8 Å². The van der Waals surface area contributed by atoms with Crippen molar-refractivity contribution in [2.24, 2.45) is 5.41 Å². The maximum Gasteiger partial charge on any atom is 0.397 e. The van der Waals surface area contributed by atoms with E-state index in [4.69, 9.17) is 18.4 Å². The molecule has 0 unspecified atom stereocenters. The normalized spacial score (nSPS) is 13.5. The molecule has 0 rings (SSSR count). The number of rotatable bonds is 35. The summed E-state index contributed by atoms with van der Waals surface area (Å²) in [5.41, 5.74) is -0.591. The largest absolute Gasteiger partial charge is 0.397 e. The van der Waals surface area contributed by atoms with Crippen LogP contribution < -0.4 is 0 Å². The van der Waals surface area contributed by atoms with Gasteiger partial charge in [0.25, 0.3) is 0 Å². The second-order valence-electron chi connectivity index (χ2n) is 12.5. The molecule has 1 N–H and O–H groups in total. The van der Waals surface area contributed by atoms with Crippen LogP contribution in [0.1, 0.15) is 168 Å². The average Bonchev–Trinajstić information content (AvgIpc) is 2.96. The Morgan fingerprint density at radius 2 is 0.881 bits per heavy atom. The highest BCUT2D eigenvalue weighted by Gasteiger charge is 2.33. The third-order valence-electron chi connectivity index (χ3n) is 8.15. The van der Waals surface area contributed by atoms with E-state index < -0.39 is 15.8 Å². The number of hydrogen-bond acceptors (Lipinski definition) is 6. The predicted octanol–water partition coefficient (Wildman–Crippen LogP) is 9.87. The standard InChI is InChI=1S/C34H70O7S/c1-4-6-8-10-11-12-13-14-15-17-22-26-30-40-32-34(31-38-3,33-41-42(35,36)37)27-23-19-16-18-21-25-29-39-28-24-20-9-7-5-2/h4-33H2,1-3H3,(H,35,36,37)/t34-/m1/s1. The fourth-order valence-electron chi connectivity index (χ4n) is 5.50. The van der Waals surface area contributed by atoms with Crippen molar-refractivity contribution in [1.82, 2.24) is 0 Å². The number of unbranched alkanes of at least 4 members (excludes halogenated alkanes) is 20. The van der Waals surface area contributed by atoms with Gasteiger partial charge in [0.05, 0.1) is 19.8 Å². The van der Waals surface area contributed by atoms with E-state index >= 15 is 0 Å². The zero-order valence-corrected chi connectivity index (χ0v) is 28.8. The van der Waals surface area contributed by atoms with Crippen molar-refractivity contribution >= 4 is 10.4 Å². The van der Waals surface area contributed by atoms with E-state index in [9.17, 15) is 13.0 Å². The summed E-state index contributed by atoms with van der Waals surface area (Å²) in [6, 6.07) is 0. The van der Waals surface area contributed by atoms with E-state index in [1.54, 1.807) is 7.11 Å². The van der Waals surface area contributed by atoms with Crippen LogP contribution in [0, 0.1) is 5.41 Å². The van der Waals surface area contributed by atoms with Gasteiger partial charge in [0.15, 0.2) is 0 Å². The Balaban J connectivity index is 4.12. The first-order chi connectivity index (χ1) is 20.4. The van der Waals surface area contributed by atoms with Gasteiger partial charge in [-0.2, -0.15) is 8.42 Å². The Morgan fingerprint density at radius 3 is 1.29 bits per heavy atom. The monoisotopic (exact) mass is 622 g/mol. The van der Waals surface area contributed by atoms with E-state index in [1.807, 2.05) is 0 Å². The molecule has 0 heterocycles. The quantitative estimate of drug-likeness (QED) is 0.0555. The van der Waals surface area contributed by atoms with E-state index in [0.29, 0.717) is 19.8 Å². The van der Waals surface area contributed by atoms with Crippen LogP contribution in [0.15, 0.2) is 0 Å². The van der Waals surface area contributed by atoms with Crippen molar-refractivity contribution < 1.29 is 31.4 Å². The maximum absolute atomic E-state index is 11.3. The van der Waals surface area contributed by atoms with Crippen molar-refractivity contribution in [3.8, 4) is 0 Å². The van der Waals surface area contributed by atoms with Crippen molar-refractivity contribution in [1.29, 1.82) is 0 Å². The Bertz CT molecular complexity index is 610. The van der Waals surface area contributed by atoms with Gasteiger partial charge >= 0.3 is 10.4 Å². The Labute approximate surface area is 261 Å². The molecule has 0 fully saturated rings. The van der Waals surface area contributed by atoms with Gasteiger partial charge < -0.3 is 14.2 Å². The van der Waals surface area contributed by atoms with Crippen LogP contribution in [0.5, 0.6) is 0 Å². The summed E-state index contributed by atoms with van der Waals surface area (Å²) in [6.07, 6.45) is 29.3. The predicted molar refractivity (Wildman–Crippen MR) is 176 cm³/mol. The van der Waals surface area contributed by atoms with E-state index in [1.165, 1.54) is 109 Å². The molecule has 254 valence electrons. The SMILES string of the molecule is CCCCCCCCCCCCCCOC[C@@](CCCCCCCCOCCCCCCC)(COC)COS(=O)(=O)O. The molecule has 0 amide bonds. The van der Waals surface area contributed by atoms with Gasteiger partial charge in [-0.1, -0.05) is 142 Å². The van der Waals surface area contributed by atoms with Crippen LogP contribution in [0.3, 0.4) is 0 Å². The highest BCUT2D eigenvalue weighted by molar-refractivity contribution is 7.80. The van der Waals surface area contributed by atoms with Gasteiger partial charge in [0.1, 0.15) is 0 Å². The molecule has 0 aromatic rings. The molecule has 0 aliphatic rings. The fraction of sp³-hybridized carbons (Fsp3) is 1.00. The lowest BCUT2D eigenvalue weighted by Crippen LogP contribution is -2.38.